The molecule has 0 aliphatic carbocycles. The molecule has 2 aromatic rings. The van der Waals surface area contributed by atoms with E-state index in [0.717, 1.165) is 30.8 Å². The number of rotatable bonds is 7. The Hall–Kier alpha value is -2.14. The van der Waals surface area contributed by atoms with Crippen LogP contribution in [0.5, 0.6) is 0 Å². The standard InChI is InChI=1S/C18H26N4O/c1-5-6-17-16(18(23)19-11-12-21(3)4)13-20-22(17)15-9-7-14(2)8-10-15/h7-10,13H,5-6,11-12H2,1-4H3,(H,19,23). The lowest BCUT2D eigenvalue weighted by Gasteiger charge is -2.11. The van der Waals surface area contributed by atoms with Crippen molar-refractivity contribution < 1.29 is 4.79 Å². The summed E-state index contributed by atoms with van der Waals surface area (Å²) in [4.78, 5) is 14.5. The van der Waals surface area contributed by atoms with Gasteiger partial charge >= 0.3 is 0 Å². The van der Waals surface area contributed by atoms with Crippen LogP contribution in [0.1, 0.15) is 35.0 Å². The predicted octanol–water partition coefficient (Wildman–Crippen LogP) is 2.42. The van der Waals surface area contributed by atoms with E-state index in [1.807, 2.05) is 35.8 Å². The Balaban J connectivity index is 2.23. The van der Waals surface area contributed by atoms with Crippen molar-refractivity contribution in [3.63, 3.8) is 0 Å². The predicted molar refractivity (Wildman–Crippen MR) is 93.2 cm³/mol. The van der Waals surface area contributed by atoms with Crippen LogP contribution in [0.25, 0.3) is 5.69 Å². The SMILES string of the molecule is CCCc1c(C(=O)NCCN(C)C)cnn1-c1ccc(C)cc1. The number of likely N-dealkylation sites (N-methyl/N-ethyl adjacent to an activating group) is 1. The minimum absolute atomic E-state index is 0.0475. The van der Waals surface area contributed by atoms with Gasteiger partial charge in [0.15, 0.2) is 0 Å². The van der Waals surface area contributed by atoms with E-state index in [1.165, 1.54) is 5.56 Å². The first kappa shape index (κ1) is 17.2. The van der Waals surface area contributed by atoms with E-state index in [9.17, 15) is 4.79 Å². The van der Waals surface area contributed by atoms with Crippen molar-refractivity contribution in [1.29, 1.82) is 0 Å². The van der Waals surface area contributed by atoms with Gasteiger partial charge in [-0.05, 0) is 39.6 Å². The lowest BCUT2D eigenvalue weighted by molar-refractivity contribution is 0.0950. The fourth-order valence-corrected chi connectivity index (χ4v) is 2.44. The fraction of sp³-hybridized carbons (Fsp3) is 0.444. The second-order valence-corrected chi connectivity index (χ2v) is 6.06. The van der Waals surface area contributed by atoms with Gasteiger partial charge in [0, 0.05) is 13.1 Å². The van der Waals surface area contributed by atoms with Crippen molar-refractivity contribution in [3.8, 4) is 5.69 Å². The van der Waals surface area contributed by atoms with Crippen LogP contribution in [0.4, 0.5) is 0 Å². The number of aryl methyl sites for hydroxylation is 1. The molecule has 0 atom stereocenters. The molecule has 124 valence electrons. The highest BCUT2D eigenvalue weighted by atomic mass is 16.1. The molecule has 0 unspecified atom stereocenters. The van der Waals surface area contributed by atoms with Gasteiger partial charge in [-0.15, -0.1) is 0 Å². The summed E-state index contributed by atoms with van der Waals surface area (Å²) in [6.07, 6.45) is 3.47. The molecule has 5 nitrogen and oxygen atoms in total. The topological polar surface area (TPSA) is 50.2 Å². The smallest absolute Gasteiger partial charge is 0.254 e. The van der Waals surface area contributed by atoms with Crippen LogP contribution in [0.15, 0.2) is 30.5 Å². The quantitative estimate of drug-likeness (QED) is 0.854. The average molecular weight is 314 g/mol. The van der Waals surface area contributed by atoms with Crippen molar-refractivity contribution in [2.24, 2.45) is 0 Å². The highest BCUT2D eigenvalue weighted by molar-refractivity contribution is 5.95. The Morgan fingerprint density at radius 2 is 1.96 bits per heavy atom. The van der Waals surface area contributed by atoms with E-state index in [1.54, 1.807) is 6.20 Å². The third-order valence-corrected chi connectivity index (χ3v) is 3.72. The molecule has 0 radical (unpaired) electrons. The summed E-state index contributed by atoms with van der Waals surface area (Å²) in [7, 11) is 3.98. The summed E-state index contributed by atoms with van der Waals surface area (Å²) in [6.45, 7) is 5.62. The highest BCUT2D eigenvalue weighted by Crippen LogP contribution is 2.17. The van der Waals surface area contributed by atoms with Crippen molar-refractivity contribution >= 4 is 5.91 Å². The summed E-state index contributed by atoms with van der Waals surface area (Å²) >= 11 is 0. The average Bonchev–Trinajstić information content (AvgIpc) is 2.92. The fourth-order valence-electron chi connectivity index (χ4n) is 2.44. The number of benzene rings is 1. The van der Waals surface area contributed by atoms with Crippen molar-refractivity contribution in [2.45, 2.75) is 26.7 Å². The Kier molecular flexibility index (Phi) is 5.93. The number of aromatic nitrogens is 2. The first-order valence-corrected chi connectivity index (χ1v) is 8.09. The van der Waals surface area contributed by atoms with E-state index in [-0.39, 0.29) is 5.91 Å². The molecule has 0 saturated heterocycles. The van der Waals surface area contributed by atoms with Gasteiger partial charge in [0.1, 0.15) is 0 Å². The van der Waals surface area contributed by atoms with Gasteiger partial charge in [0.25, 0.3) is 5.91 Å². The number of hydrogen-bond donors (Lipinski definition) is 1. The monoisotopic (exact) mass is 314 g/mol. The minimum atomic E-state index is -0.0475. The summed E-state index contributed by atoms with van der Waals surface area (Å²) < 4.78 is 1.88. The van der Waals surface area contributed by atoms with Crippen LogP contribution in [0, 0.1) is 6.92 Å². The largest absolute Gasteiger partial charge is 0.351 e. The second-order valence-electron chi connectivity index (χ2n) is 6.06. The van der Waals surface area contributed by atoms with E-state index < -0.39 is 0 Å². The summed E-state index contributed by atoms with van der Waals surface area (Å²) in [5, 5.41) is 7.41. The maximum absolute atomic E-state index is 12.4. The minimum Gasteiger partial charge on any atom is -0.351 e. The molecule has 0 aliphatic heterocycles. The molecular weight excluding hydrogens is 288 g/mol. The number of nitrogens with zero attached hydrogens (tertiary/aromatic N) is 3. The van der Waals surface area contributed by atoms with Gasteiger partial charge in [-0.2, -0.15) is 5.10 Å². The van der Waals surface area contributed by atoms with Gasteiger partial charge in [-0.3, -0.25) is 4.79 Å². The molecule has 23 heavy (non-hydrogen) atoms. The maximum Gasteiger partial charge on any atom is 0.254 e. The molecule has 1 aromatic heterocycles. The molecule has 2 rings (SSSR count). The van der Waals surface area contributed by atoms with Gasteiger partial charge in [-0.25, -0.2) is 4.68 Å². The maximum atomic E-state index is 12.4. The number of amides is 1. The molecule has 0 bridgehead atoms. The van der Waals surface area contributed by atoms with Gasteiger partial charge in [-0.1, -0.05) is 31.0 Å². The number of nitrogens with one attached hydrogen (secondary N) is 1. The Morgan fingerprint density at radius 3 is 2.57 bits per heavy atom. The Morgan fingerprint density at radius 1 is 1.26 bits per heavy atom. The lowest BCUT2D eigenvalue weighted by Crippen LogP contribution is -2.31. The summed E-state index contributed by atoms with van der Waals surface area (Å²) in [5.74, 6) is -0.0475. The van der Waals surface area contributed by atoms with E-state index in [4.69, 9.17) is 0 Å². The molecule has 0 saturated carbocycles. The number of hydrogen-bond acceptors (Lipinski definition) is 3. The summed E-state index contributed by atoms with van der Waals surface area (Å²) in [5.41, 5.74) is 3.84. The molecular formula is C18H26N4O. The Bertz CT molecular complexity index is 644. The molecule has 0 fully saturated rings. The summed E-state index contributed by atoms with van der Waals surface area (Å²) in [6, 6.07) is 8.19. The van der Waals surface area contributed by atoms with E-state index >= 15 is 0 Å². The number of carbonyl (C=O) groups is 1. The zero-order chi connectivity index (χ0) is 16.8. The third-order valence-electron chi connectivity index (χ3n) is 3.72. The second kappa shape index (κ2) is 7.92. The molecule has 1 aromatic carbocycles. The first-order valence-electron chi connectivity index (χ1n) is 8.09. The molecule has 0 aliphatic rings. The molecule has 1 heterocycles. The van der Waals surface area contributed by atoms with Crippen molar-refractivity contribution in [1.82, 2.24) is 20.0 Å². The van der Waals surface area contributed by atoms with Crippen LogP contribution in [0.3, 0.4) is 0 Å². The zero-order valence-electron chi connectivity index (χ0n) is 14.5. The normalized spacial score (nSPS) is 11.0. The third kappa shape index (κ3) is 4.42. The number of carbonyl (C=O) groups excluding carboxylic acids is 1. The van der Waals surface area contributed by atoms with Crippen LogP contribution in [0.2, 0.25) is 0 Å². The van der Waals surface area contributed by atoms with Crippen molar-refractivity contribution in [3.05, 3.63) is 47.3 Å². The highest BCUT2D eigenvalue weighted by Gasteiger charge is 2.17. The molecule has 1 N–H and O–H groups in total. The van der Waals surface area contributed by atoms with Gasteiger partial charge < -0.3 is 10.2 Å². The van der Waals surface area contributed by atoms with Gasteiger partial charge in [0.05, 0.1) is 23.1 Å². The van der Waals surface area contributed by atoms with E-state index in [0.29, 0.717) is 12.1 Å². The Labute approximate surface area is 138 Å². The van der Waals surface area contributed by atoms with Crippen LogP contribution >= 0.6 is 0 Å². The van der Waals surface area contributed by atoms with Crippen molar-refractivity contribution in [2.75, 3.05) is 27.2 Å². The van der Waals surface area contributed by atoms with Crippen LogP contribution in [-0.4, -0.2) is 47.8 Å². The van der Waals surface area contributed by atoms with Crippen LogP contribution < -0.4 is 5.32 Å². The lowest BCUT2D eigenvalue weighted by atomic mass is 10.1. The molecule has 5 heteroatoms. The molecule has 0 spiro atoms. The zero-order valence-corrected chi connectivity index (χ0v) is 14.5. The van der Waals surface area contributed by atoms with Crippen LogP contribution in [-0.2, 0) is 6.42 Å². The first-order chi connectivity index (χ1) is 11.0. The molecule has 1 amide bonds. The van der Waals surface area contributed by atoms with E-state index in [2.05, 4.69) is 36.4 Å². The van der Waals surface area contributed by atoms with Gasteiger partial charge in [0.2, 0.25) is 0 Å².